The molecule has 2 amide bonds. The van der Waals surface area contributed by atoms with Crippen molar-refractivity contribution in [2.24, 2.45) is 5.73 Å². The number of rotatable bonds is 8. The van der Waals surface area contributed by atoms with Crippen molar-refractivity contribution in [3.05, 3.63) is 48.3 Å². The van der Waals surface area contributed by atoms with Gasteiger partial charge in [0, 0.05) is 42.4 Å². The van der Waals surface area contributed by atoms with Crippen LogP contribution in [0.2, 0.25) is 0 Å². The third-order valence-corrected chi connectivity index (χ3v) is 3.96. The minimum Gasteiger partial charge on any atom is -0.370 e. The Balaban J connectivity index is 1.84. The van der Waals surface area contributed by atoms with Gasteiger partial charge in [-0.2, -0.15) is 11.8 Å². The van der Waals surface area contributed by atoms with Gasteiger partial charge in [-0.15, -0.1) is 0 Å². The molecular weight excluding hydrogens is 312 g/mol. The maximum Gasteiger partial charge on any atom is 0.251 e. The molecule has 0 aliphatic rings. The molecule has 0 atom stereocenters. The molecule has 2 aromatic heterocycles. The molecule has 120 valence electrons. The van der Waals surface area contributed by atoms with Crippen LogP contribution >= 0.6 is 11.8 Å². The molecular formula is C16H18N4O2S. The summed E-state index contributed by atoms with van der Waals surface area (Å²) in [7, 11) is 0. The first-order valence-electron chi connectivity index (χ1n) is 7.18. The molecule has 0 aliphatic heterocycles. The highest BCUT2D eigenvalue weighted by molar-refractivity contribution is 7.99. The van der Waals surface area contributed by atoms with Gasteiger partial charge in [-0.05, 0) is 24.3 Å². The first-order chi connectivity index (χ1) is 11.2. The molecule has 0 unspecified atom stereocenters. The van der Waals surface area contributed by atoms with E-state index in [0.29, 0.717) is 30.0 Å². The van der Waals surface area contributed by atoms with E-state index in [1.165, 1.54) is 0 Å². The van der Waals surface area contributed by atoms with Crippen LogP contribution in [0.3, 0.4) is 0 Å². The number of nitrogens with one attached hydrogen (secondary N) is 1. The van der Waals surface area contributed by atoms with E-state index in [9.17, 15) is 9.59 Å². The summed E-state index contributed by atoms with van der Waals surface area (Å²) < 4.78 is 0. The van der Waals surface area contributed by atoms with Gasteiger partial charge in [-0.3, -0.25) is 19.6 Å². The van der Waals surface area contributed by atoms with Gasteiger partial charge in [0.1, 0.15) is 0 Å². The summed E-state index contributed by atoms with van der Waals surface area (Å²) in [5.74, 6) is 0.946. The summed E-state index contributed by atoms with van der Waals surface area (Å²) in [4.78, 5) is 31.2. The second kappa shape index (κ2) is 8.89. The highest BCUT2D eigenvalue weighted by Gasteiger charge is 2.08. The minimum absolute atomic E-state index is 0.153. The lowest BCUT2D eigenvalue weighted by molar-refractivity contribution is -0.117. The van der Waals surface area contributed by atoms with Crippen LogP contribution in [0.4, 0.5) is 0 Å². The Kier molecular flexibility index (Phi) is 6.56. The number of carbonyl (C=O) groups is 2. The average Bonchev–Trinajstić information content (AvgIpc) is 2.58. The van der Waals surface area contributed by atoms with E-state index >= 15 is 0 Å². The molecule has 0 bridgehead atoms. The van der Waals surface area contributed by atoms with Crippen LogP contribution in [0.15, 0.2) is 42.7 Å². The number of pyridine rings is 2. The number of primary amides is 1. The van der Waals surface area contributed by atoms with Gasteiger partial charge in [0.15, 0.2) is 0 Å². The van der Waals surface area contributed by atoms with Crippen LogP contribution < -0.4 is 11.1 Å². The SMILES string of the molecule is NC(=O)CCSCCNC(=O)c1ccnc(-c2ccccn2)c1. The Morgan fingerprint density at radius 1 is 1.09 bits per heavy atom. The molecule has 0 spiro atoms. The van der Waals surface area contributed by atoms with Crippen molar-refractivity contribution in [3.63, 3.8) is 0 Å². The van der Waals surface area contributed by atoms with Gasteiger partial charge in [-0.1, -0.05) is 6.07 Å². The number of aromatic nitrogens is 2. The first kappa shape index (κ1) is 17.0. The van der Waals surface area contributed by atoms with Gasteiger partial charge in [0.2, 0.25) is 5.91 Å². The largest absolute Gasteiger partial charge is 0.370 e. The highest BCUT2D eigenvalue weighted by atomic mass is 32.2. The number of hydrogen-bond donors (Lipinski definition) is 2. The molecule has 0 saturated carbocycles. The molecule has 2 aromatic rings. The van der Waals surface area contributed by atoms with E-state index in [-0.39, 0.29) is 11.8 Å². The third kappa shape index (κ3) is 5.71. The molecule has 0 saturated heterocycles. The minimum atomic E-state index is -0.305. The lowest BCUT2D eigenvalue weighted by Gasteiger charge is -2.06. The maximum absolute atomic E-state index is 12.1. The van der Waals surface area contributed by atoms with Gasteiger partial charge in [-0.25, -0.2) is 0 Å². The maximum atomic E-state index is 12.1. The van der Waals surface area contributed by atoms with Gasteiger partial charge < -0.3 is 11.1 Å². The summed E-state index contributed by atoms with van der Waals surface area (Å²) in [6, 6.07) is 8.94. The number of nitrogens with two attached hydrogens (primary N) is 1. The van der Waals surface area contributed by atoms with Crippen LogP contribution in [0.25, 0.3) is 11.4 Å². The number of nitrogens with zero attached hydrogens (tertiary/aromatic N) is 2. The van der Waals surface area contributed by atoms with Crippen LogP contribution in [0, 0.1) is 0 Å². The zero-order valence-electron chi connectivity index (χ0n) is 12.6. The predicted octanol–water partition coefficient (Wildman–Crippen LogP) is 1.48. The fourth-order valence-corrected chi connectivity index (χ4v) is 2.64. The highest BCUT2D eigenvalue weighted by Crippen LogP contribution is 2.14. The molecule has 0 aliphatic carbocycles. The smallest absolute Gasteiger partial charge is 0.251 e. The first-order valence-corrected chi connectivity index (χ1v) is 8.34. The van der Waals surface area contributed by atoms with Crippen molar-refractivity contribution < 1.29 is 9.59 Å². The third-order valence-electron chi connectivity index (χ3n) is 2.97. The van der Waals surface area contributed by atoms with Gasteiger partial charge in [0.25, 0.3) is 5.91 Å². The van der Waals surface area contributed by atoms with E-state index in [1.54, 1.807) is 36.3 Å². The van der Waals surface area contributed by atoms with E-state index in [2.05, 4.69) is 15.3 Å². The number of hydrogen-bond acceptors (Lipinski definition) is 5. The van der Waals surface area contributed by atoms with Gasteiger partial charge >= 0.3 is 0 Å². The summed E-state index contributed by atoms with van der Waals surface area (Å²) in [5, 5.41) is 2.84. The monoisotopic (exact) mass is 330 g/mol. The Labute approximate surface area is 138 Å². The molecule has 7 heteroatoms. The van der Waals surface area contributed by atoms with E-state index in [0.717, 1.165) is 11.4 Å². The zero-order valence-corrected chi connectivity index (χ0v) is 13.4. The van der Waals surface area contributed by atoms with E-state index < -0.39 is 0 Å². The van der Waals surface area contributed by atoms with Crippen LogP contribution in [-0.4, -0.2) is 39.8 Å². The average molecular weight is 330 g/mol. The number of amides is 2. The van der Waals surface area contributed by atoms with E-state index in [4.69, 9.17) is 5.73 Å². The number of carbonyl (C=O) groups excluding carboxylic acids is 2. The molecule has 2 heterocycles. The normalized spacial score (nSPS) is 10.3. The number of thioether (sulfide) groups is 1. The lowest BCUT2D eigenvalue weighted by Crippen LogP contribution is -2.26. The van der Waals surface area contributed by atoms with Crippen molar-refractivity contribution in [3.8, 4) is 11.4 Å². The van der Waals surface area contributed by atoms with Gasteiger partial charge in [0.05, 0.1) is 11.4 Å². The molecule has 0 radical (unpaired) electrons. The topological polar surface area (TPSA) is 98.0 Å². The van der Waals surface area contributed by atoms with Crippen molar-refractivity contribution in [1.82, 2.24) is 15.3 Å². The van der Waals surface area contributed by atoms with Crippen LogP contribution in [0.1, 0.15) is 16.8 Å². The summed E-state index contributed by atoms with van der Waals surface area (Å²) >= 11 is 1.58. The standard InChI is InChI=1S/C16H18N4O2S/c17-15(21)5-9-23-10-8-20-16(22)12-4-7-19-14(11-12)13-3-1-2-6-18-13/h1-4,6-7,11H,5,8-10H2,(H2,17,21)(H,20,22). The molecule has 0 fully saturated rings. The fraction of sp³-hybridized carbons (Fsp3) is 0.250. The Morgan fingerprint density at radius 2 is 1.91 bits per heavy atom. The second-order valence-corrected chi connectivity index (χ2v) is 5.95. The van der Waals surface area contributed by atoms with Crippen LogP contribution in [-0.2, 0) is 4.79 Å². The lowest BCUT2D eigenvalue weighted by atomic mass is 10.1. The fourth-order valence-electron chi connectivity index (χ4n) is 1.84. The van der Waals surface area contributed by atoms with Crippen LogP contribution in [0.5, 0.6) is 0 Å². The molecule has 3 N–H and O–H groups in total. The van der Waals surface area contributed by atoms with Crippen molar-refractivity contribution in [2.45, 2.75) is 6.42 Å². The molecule has 0 aromatic carbocycles. The predicted molar refractivity (Wildman–Crippen MR) is 90.9 cm³/mol. The second-order valence-electron chi connectivity index (χ2n) is 4.73. The van der Waals surface area contributed by atoms with Crippen molar-refractivity contribution >= 4 is 23.6 Å². The summed E-state index contributed by atoms with van der Waals surface area (Å²) in [6.07, 6.45) is 3.64. The Bertz CT molecular complexity index is 664. The Hall–Kier alpha value is -2.41. The van der Waals surface area contributed by atoms with Crippen molar-refractivity contribution in [1.29, 1.82) is 0 Å². The summed E-state index contributed by atoms with van der Waals surface area (Å²) in [6.45, 7) is 0.531. The quantitative estimate of drug-likeness (QED) is 0.715. The molecule has 2 rings (SSSR count). The van der Waals surface area contributed by atoms with Crippen molar-refractivity contribution in [2.75, 3.05) is 18.1 Å². The molecule has 23 heavy (non-hydrogen) atoms. The Morgan fingerprint density at radius 3 is 2.65 bits per heavy atom. The summed E-state index contributed by atoms with van der Waals surface area (Å²) in [5.41, 5.74) is 6.99. The zero-order chi connectivity index (χ0) is 16.5. The van der Waals surface area contributed by atoms with E-state index in [1.807, 2.05) is 18.2 Å². The molecule has 6 nitrogen and oxygen atoms in total.